The van der Waals surface area contributed by atoms with Gasteiger partial charge in [0.1, 0.15) is 0 Å². The van der Waals surface area contributed by atoms with Gasteiger partial charge in [-0.1, -0.05) is 0 Å². The van der Waals surface area contributed by atoms with E-state index in [0.717, 1.165) is 51.0 Å². The van der Waals surface area contributed by atoms with E-state index in [2.05, 4.69) is 10.8 Å². The van der Waals surface area contributed by atoms with E-state index in [1.807, 2.05) is 6.20 Å². The summed E-state index contributed by atoms with van der Waals surface area (Å²) in [6.45, 7) is 2.97. The molecule has 0 bridgehead atoms. The Morgan fingerprint density at radius 3 is 2.84 bits per heavy atom. The fourth-order valence-corrected chi connectivity index (χ4v) is 2.45. The number of ether oxygens (including phenoxy) is 2. The Morgan fingerprint density at radius 2 is 2.00 bits per heavy atom. The summed E-state index contributed by atoms with van der Waals surface area (Å²) in [7, 11) is 1.70. The molecule has 0 saturated carbocycles. The summed E-state index contributed by atoms with van der Waals surface area (Å²) in [5, 5.41) is 0. The topological polar surface area (TPSA) is 40.5 Å². The van der Waals surface area contributed by atoms with Gasteiger partial charge in [-0.3, -0.25) is 4.79 Å². The Balaban J connectivity index is 1.79. The molecule has 0 unspecified atom stereocenters. The van der Waals surface area contributed by atoms with E-state index in [-0.39, 0.29) is 0 Å². The molecule has 0 radical (unpaired) electrons. The zero-order valence-electron chi connectivity index (χ0n) is 11.7. The number of fused-ring (bicyclic) bond motifs is 1. The molecule has 0 aromatic carbocycles. The number of carbonyl (C=O) groups is 1. The highest BCUT2D eigenvalue weighted by atomic mass is 16.5. The van der Waals surface area contributed by atoms with E-state index in [1.54, 1.807) is 7.11 Å². The second kappa shape index (κ2) is 7.46. The number of aromatic nitrogens is 1. The van der Waals surface area contributed by atoms with Gasteiger partial charge in [0.15, 0.2) is 5.78 Å². The predicted molar refractivity (Wildman–Crippen MR) is 73.6 cm³/mol. The van der Waals surface area contributed by atoms with Crippen LogP contribution < -0.4 is 0 Å². The van der Waals surface area contributed by atoms with Crippen molar-refractivity contribution in [1.82, 2.24) is 4.57 Å². The summed E-state index contributed by atoms with van der Waals surface area (Å²) in [5.74, 6) is 0.298. The van der Waals surface area contributed by atoms with Crippen molar-refractivity contribution < 1.29 is 14.3 Å². The smallest absolute Gasteiger partial charge is 0.164 e. The first-order valence-corrected chi connectivity index (χ1v) is 7.10. The molecule has 1 aliphatic carbocycles. The van der Waals surface area contributed by atoms with Gasteiger partial charge in [-0.2, -0.15) is 0 Å². The molecular weight excluding hydrogens is 242 g/mol. The Hall–Kier alpha value is -1.13. The number of ketones is 1. The third-order valence-electron chi connectivity index (χ3n) is 3.49. The van der Waals surface area contributed by atoms with Crippen LogP contribution in [-0.2, 0) is 22.4 Å². The van der Waals surface area contributed by atoms with E-state index < -0.39 is 0 Å². The standard InChI is InChI=1S/C15H23NO3/c1-18-8-4-9-19-10-7-16-11-13-5-2-3-6-15(17)14(13)12-16/h11-12H,2-10H2,1H3. The molecule has 0 N–H and O–H groups in total. The third kappa shape index (κ3) is 4.18. The highest BCUT2D eigenvalue weighted by Gasteiger charge is 2.17. The third-order valence-corrected chi connectivity index (χ3v) is 3.49. The minimum absolute atomic E-state index is 0.298. The lowest BCUT2D eigenvalue weighted by atomic mass is 10.1. The molecule has 0 spiro atoms. The maximum absolute atomic E-state index is 11.9. The van der Waals surface area contributed by atoms with Crippen molar-refractivity contribution in [3.63, 3.8) is 0 Å². The van der Waals surface area contributed by atoms with Crippen molar-refractivity contribution in [1.29, 1.82) is 0 Å². The zero-order valence-corrected chi connectivity index (χ0v) is 11.7. The molecule has 0 fully saturated rings. The Bertz CT molecular complexity index is 412. The van der Waals surface area contributed by atoms with E-state index >= 15 is 0 Å². The second-order valence-corrected chi connectivity index (χ2v) is 5.02. The monoisotopic (exact) mass is 265 g/mol. The van der Waals surface area contributed by atoms with Crippen LogP contribution in [0.4, 0.5) is 0 Å². The van der Waals surface area contributed by atoms with Gasteiger partial charge in [-0.15, -0.1) is 0 Å². The van der Waals surface area contributed by atoms with Crippen LogP contribution in [0.15, 0.2) is 12.4 Å². The first-order chi connectivity index (χ1) is 9.31. The Labute approximate surface area is 114 Å². The molecule has 1 aliphatic rings. The molecule has 0 atom stereocenters. The number of Topliss-reactive ketones (excluding diaryl/α,β-unsaturated/α-hetero) is 1. The lowest BCUT2D eigenvalue weighted by Gasteiger charge is -2.05. The molecule has 0 saturated heterocycles. The van der Waals surface area contributed by atoms with E-state index in [9.17, 15) is 4.79 Å². The Kier molecular flexibility index (Phi) is 5.61. The molecule has 0 aliphatic heterocycles. The average molecular weight is 265 g/mol. The summed E-state index contributed by atoms with van der Waals surface area (Å²) < 4.78 is 12.6. The molecule has 1 aromatic heterocycles. The van der Waals surface area contributed by atoms with Gasteiger partial charge in [0.05, 0.1) is 6.61 Å². The van der Waals surface area contributed by atoms with Gasteiger partial charge in [0.2, 0.25) is 0 Å². The van der Waals surface area contributed by atoms with Crippen LogP contribution in [0, 0.1) is 0 Å². The van der Waals surface area contributed by atoms with E-state index in [0.29, 0.717) is 18.8 Å². The Morgan fingerprint density at radius 1 is 1.16 bits per heavy atom. The van der Waals surface area contributed by atoms with Gasteiger partial charge in [0.25, 0.3) is 0 Å². The molecule has 19 heavy (non-hydrogen) atoms. The first kappa shape index (κ1) is 14.3. The predicted octanol–water partition coefficient (Wildman–Crippen LogP) is 2.45. The summed E-state index contributed by atoms with van der Waals surface area (Å²) in [5.41, 5.74) is 2.14. The number of aryl methyl sites for hydroxylation is 1. The molecule has 4 nitrogen and oxygen atoms in total. The van der Waals surface area contributed by atoms with Crippen LogP contribution in [0.3, 0.4) is 0 Å². The molecule has 2 rings (SSSR count). The second-order valence-electron chi connectivity index (χ2n) is 5.02. The highest BCUT2D eigenvalue weighted by molar-refractivity contribution is 5.97. The maximum atomic E-state index is 11.9. The van der Waals surface area contributed by atoms with Crippen LogP contribution in [0.2, 0.25) is 0 Å². The molecule has 1 aromatic rings. The molecular formula is C15H23NO3. The summed E-state index contributed by atoms with van der Waals surface area (Å²) in [4.78, 5) is 11.9. The lowest BCUT2D eigenvalue weighted by Crippen LogP contribution is -2.06. The number of hydrogen-bond acceptors (Lipinski definition) is 3. The number of hydrogen-bond donors (Lipinski definition) is 0. The lowest BCUT2D eigenvalue weighted by molar-refractivity contribution is 0.0966. The van der Waals surface area contributed by atoms with Gasteiger partial charge < -0.3 is 14.0 Å². The normalized spacial score (nSPS) is 15.3. The number of carbonyl (C=O) groups excluding carboxylic acids is 1. The quantitative estimate of drug-likeness (QED) is 0.561. The van der Waals surface area contributed by atoms with Crippen molar-refractivity contribution in [2.24, 2.45) is 0 Å². The SMILES string of the molecule is COCCCOCCn1cc2c(c1)C(=O)CCCC2. The number of methoxy groups -OCH3 is 1. The fourth-order valence-electron chi connectivity index (χ4n) is 2.45. The van der Waals surface area contributed by atoms with Crippen molar-refractivity contribution >= 4 is 5.78 Å². The minimum atomic E-state index is 0.298. The van der Waals surface area contributed by atoms with E-state index in [4.69, 9.17) is 9.47 Å². The van der Waals surface area contributed by atoms with Crippen molar-refractivity contribution in [3.8, 4) is 0 Å². The maximum Gasteiger partial charge on any atom is 0.164 e. The van der Waals surface area contributed by atoms with Gasteiger partial charge in [-0.05, 0) is 31.2 Å². The number of rotatable bonds is 7. The summed E-state index contributed by atoms with van der Waals surface area (Å²) >= 11 is 0. The summed E-state index contributed by atoms with van der Waals surface area (Å²) in [6, 6.07) is 0. The first-order valence-electron chi connectivity index (χ1n) is 7.10. The van der Waals surface area contributed by atoms with Gasteiger partial charge >= 0.3 is 0 Å². The van der Waals surface area contributed by atoms with Crippen LogP contribution in [0.5, 0.6) is 0 Å². The summed E-state index contributed by atoms with van der Waals surface area (Å²) in [6.07, 6.45) is 8.90. The minimum Gasteiger partial charge on any atom is -0.385 e. The van der Waals surface area contributed by atoms with Crippen LogP contribution in [0.25, 0.3) is 0 Å². The fraction of sp³-hybridized carbons (Fsp3) is 0.667. The molecule has 0 amide bonds. The average Bonchev–Trinajstić information content (AvgIpc) is 2.74. The van der Waals surface area contributed by atoms with Crippen LogP contribution in [-0.4, -0.2) is 37.3 Å². The highest BCUT2D eigenvalue weighted by Crippen LogP contribution is 2.21. The van der Waals surface area contributed by atoms with Crippen LogP contribution in [0.1, 0.15) is 41.6 Å². The van der Waals surface area contributed by atoms with Crippen molar-refractivity contribution in [2.45, 2.75) is 38.6 Å². The molecule has 106 valence electrons. The molecule has 4 heteroatoms. The largest absolute Gasteiger partial charge is 0.385 e. The zero-order chi connectivity index (χ0) is 13.5. The van der Waals surface area contributed by atoms with Gasteiger partial charge in [-0.25, -0.2) is 0 Å². The van der Waals surface area contributed by atoms with Crippen molar-refractivity contribution in [3.05, 3.63) is 23.5 Å². The van der Waals surface area contributed by atoms with Gasteiger partial charge in [0, 0.05) is 51.2 Å². The van der Waals surface area contributed by atoms with Crippen molar-refractivity contribution in [2.75, 3.05) is 26.9 Å². The van der Waals surface area contributed by atoms with E-state index in [1.165, 1.54) is 5.56 Å². The van der Waals surface area contributed by atoms with Crippen LogP contribution >= 0.6 is 0 Å². The molecule has 1 heterocycles. The number of nitrogens with zero attached hydrogens (tertiary/aromatic N) is 1.